The number of hydrogen-bond acceptors (Lipinski definition) is 3. The Hall–Kier alpha value is -1.03. The second kappa shape index (κ2) is 6.17. The Labute approximate surface area is 126 Å². The Balaban J connectivity index is 1.49. The lowest BCUT2D eigenvalue weighted by atomic mass is 10.1. The summed E-state index contributed by atoms with van der Waals surface area (Å²) in [5.74, 6) is 0.645. The number of rotatable bonds is 3. The molecule has 2 N–H and O–H groups in total. The van der Waals surface area contributed by atoms with Crippen molar-refractivity contribution in [3.63, 3.8) is 0 Å². The molecule has 2 atom stereocenters. The van der Waals surface area contributed by atoms with Gasteiger partial charge < -0.3 is 10.6 Å². The minimum absolute atomic E-state index is 0.273. The van der Waals surface area contributed by atoms with Crippen molar-refractivity contribution >= 4 is 17.3 Å². The van der Waals surface area contributed by atoms with Gasteiger partial charge in [0.2, 0.25) is 0 Å². The number of benzene rings is 1. The minimum Gasteiger partial charge on any atom is -0.369 e. The number of piperazine rings is 1. The monoisotopic (exact) mass is 291 g/mol. The molecule has 3 rings (SSSR count). The van der Waals surface area contributed by atoms with Crippen molar-refractivity contribution in [1.29, 1.82) is 0 Å². The van der Waals surface area contributed by atoms with Crippen molar-refractivity contribution in [3.8, 4) is 0 Å². The summed E-state index contributed by atoms with van der Waals surface area (Å²) in [7, 11) is 0. The third-order valence-electron chi connectivity index (χ3n) is 4.26. The Morgan fingerprint density at radius 3 is 2.35 bits per heavy atom. The van der Waals surface area contributed by atoms with E-state index in [1.54, 1.807) is 0 Å². The number of halogens is 1. The predicted octanol–water partition coefficient (Wildman–Crippen LogP) is 2.37. The first-order valence-electron chi connectivity index (χ1n) is 7.37. The van der Waals surface area contributed by atoms with E-state index < -0.39 is 0 Å². The summed E-state index contributed by atoms with van der Waals surface area (Å²) in [5.41, 5.74) is 7.19. The zero-order valence-corrected chi connectivity index (χ0v) is 12.5. The van der Waals surface area contributed by atoms with Crippen LogP contribution in [0.1, 0.15) is 6.42 Å². The molecule has 0 bridgehead atoms. The molecule has 3 nitrogen and oxygen atoms in total. The smallest absolute Gasteiger partial charge is 0.0407 e. The third-order valence-corrected chi connectivity index (χ3v) is 4.51. The van der Waals surface area contributed by atoms with Crippen LogP contribution < -0.4 is 10.6 Å². The molecule has 2 aliphatic rings. The van der Waals surface area contributed by atoms with Crippen molar-refractivity contribution < 1.29 is 0 Å². The van der Waals surface area contributed by atoms with Crippen LogP contribution in [0, 0.1) is 5.92 Å². The topological polar surface area (TPSA) is 32.5 Å². The largest absolute Gasteiger partial charge is 0.369 e. The highest BCUT2D eigenvalue weighted by Crippen LogP contribution is 2.21. The molecule has 1 aromatic carbocycles. The van der Waals surface area contributed by atoms with Gasteiger partial charge in [0, 0.05) is 49.5 Å². The second-order valence-electron chi connectivity index (χ2n) is 5.81. The molecule has 1 aliphatic carbocycles. The highest BCUT2D eigenvalue weighted by Gasteiger charge is 2.22. The highest BCUT2D eigenvalue weighted by atomic mass is 35.5. The zero-order valence-electron chi connectivity index (χ0n) is 11.7. The van der Waals surface area contributed by atoms with Gasteiger partial charge in [-0.25, -0.2) is 0 Å². The van der Waals surface area contributed by atoms with E-state index in [2.05, 4.69) is 34.1 Å². The molecule has 0 aromatic heterocycles. The van der Waals surface area contributed by atoms with Crippen molar-refractivity contribution in [2.75, 3.05) is 37.6 Å². The summed E-state index contributed by atoms with van der Waals surface area (Å²) in [6, 6.07) is 8.42. The molecule has 1 aliphatic heterocycles. The molecule has 1 fully saturated rings. The van der Waals surface area contributed by atoms with E-state index in [4.69, 9.17) is 17.3 Å². The van der Waals surface area contributed by atoms with Crippen LogP contribution in [0.2, 0.25) is 5.02 Å². The van der Waals surface area contributed by atoms with Gasteiger partial charge in [-0.05, 0) is 36.6 Å². The van der Waals surface area contributed by atoms with E-state index >= 15 is 0 Å². The summed E-state index contributed by atoms with van der Waals surface area (Å²) < 4.78 is 0. The van der Waals surface area contributed by atoms with Gasteiger partial charge in [-0.15, -0.1) is 0 Å². The lowest BCUT2D eigenvalue weighted by Crippen LogP contribution is -2.47. The Bertz CT molecular complexity index is 463. The van der Waals surface area contributed by atoms with Crippen LogP contribution in [0.3, 0.4) is 0 Å². The molecular weight excluding hydrogens is 270 g/mol. The normalized spacial score (nSPS) is 27.2. The molecule has 1 aromatic rings. The van der Waals surface area contributed by atoms with Crippen molar-refractivity contribution in [1.82, 2.24) is 4.90 Å². The molecule has 0 radical (unpaired) electrons. The van der Waals surface area contributed by atoms with Gasteiger partial charge in [0.25, 0.3) is 0 Å². The second-order valence-corrected chi connectivity index (χ2v) is 6.25. The molecule has 4 heteroatoms. The number of nitrogens with zero attached hydrogens (tertiary/aromatic N) is 2. The van der Waals surface area contributed by atoms with Crippen LogP contribution in [0.15, 0.2) is 36.4 Å². The minimum atomic E-state index is 0.273. The fraction of sp³-hybridized carbons (Fsp3) is 0.500. The number of hydrogen-bond donors (Lipinski definition) is 1. The lowest BCUT2D eigenvalue weighted by molar-refractivity contribution is 0.232. The molecule has 0 amide bonds. The average Bonchev–Trinajstić information content (AvgIpc) is 2.86. The summed E-state index contributed by atoms with van der Waals surface area (Å²) in [5, 5.41) is 0.803. The fourth-order valence-corrected chi connectivity index (χ4v) is 3.24. The molecule has 108 valence electrons. The van der Waals surface area contributed by atoms with Crippen molar-refractivity contribution in [2.24, 2.45) is 11.7 Å². The van der Waals surface area contributed by atoms with Gasteiger partial charge in [0.15, 0.2) is 0 Å². The van der Waals surface area contributed by atoms with Crippen LogP contribution in [-0.2, 0) is 0 Å². The van der Waals surface area contributed by atoms with E-state index in [-0.39, 0.29) is 6.04 Å². The highest BCUT2D eigenvalue weighted by molar-refractivity contribution is 6.30. The first kappa shape index (κ1) is 13.9. The standard InChI is InChI=1S/C16H22ClN3/c17-14-2-5-16(6-3-14)20-9-7-19(8-10-20)12-13-1-4-15(18)11-13/h1-6,13,15H,7-12,18H2. The molecular formula is C16H22ClN3. The maximum absolute atomic E-state index is 5.94. The van der Waals surface area contributed by atoms with E-state index in [0.717, 1.165) is 44.2 Å². The van der Waals surface area contributed by atoms with Crippen LogP contribution >= 0.6 is 11.6 Å². The Kier molecular flexibility index (Phi) is 4.29. The molecule has 20 heavy (non-hydrogen) atoms. The first-order valence-corrected chi connectivity index (χ1v) is 7.75. The first-order chi connectivity index (χ1) is 9.70. The predicted molar refractivity (Wildman–Crippen MR) is 85.3 cm³/mol. The summed E-state index contributed by atoms with van der Waals surface area (Å²) in [6.07, 6.45) is 5.54. The maximum atomic E-state index is 5.94. The molecule has 1 heterocycles. The maximum Gasteiger partial charge on any atom is 0.0407 e. The Morgan fingerprint density at radius 2 is 1.75 bits per heavy atom. The Morgan fingerprint density at radius 1 is 1.05 bits per heavy atom. The average molecular weight is 292 g/mol. The van der Waals surface area contributed by atoms with Crippen molar-refractivity contribution in [3.05, 3.63) is 41.4 Å². The summed E-state index contributed by atoms with van der Waals surface area (Å²) in [4.78, 5) is 4.99. The van der Waals surface area contributed by atoms with Gasteiger partial charge in [0.05, 0.1) is 0 Å². The van der Waals surface area contributed by atoms with Gasteiger partial charge in [0.1, 0.15) is 0 Å². The van der Waals surface area contributed by atoms with Gasteiger partial charge in [-0.1, -0.05) is 23.8 Å². The van der Waals surface area contributed by atoms with E-state index in [0.29, 0.717) is 5.92 Å². The van der Waals surface area contributed by atoms with Crippen molar-refractivity contribution in [2.45, 2.75) is 12.5 Å². The number of nitrogens with two attached hydrogens (primary N) is 1. The van der Waals surface area contributed by atoms with E-state index in [9.17, 15) is 0 Å². The van der Waals surface area contributed by atoms with Gasteiger partial charge in [-0.3, -0.25) is 4.90 Å². The molecule has 2 unspecified atom stereocenters. The quantitative estimate of drug-likeness (QED) is 0.868. The zero-order chi connectivity index (χ0) is 13.9. The number of anilines is 1. The molecule has 1 saturated heterocycles. The van der Waals surface area contributed by atoms with Gasteiger partial charge >= 0.3 is 0 Å². The van der Waals surface area contributed by atoms with Crippen LogP contribution in [-0.4, -0.2) is 43.7 Å². The molecule has 0 spiro atoms. The fourth-order valence-electron chi connectivity index (χ4n) is 3.11. The SMILES string of the molecule is NC1C=CC(CN2CCN(c3ccc(Cl)cc3)CC2)C1. The van der Waals surface area contributed by atoms with E-state index in [1.807, 2.05) is 12.1 Å². The molecule has 0 saturated carbocycles. The van der Waals surface area contributed by atoms with E-state index in [1.165, 1.54) is 5.69 Å². The summed E-state index contributed by atoms with van der Waals surface area (Å²) >= 11 is 5.94. The van der Waals surface area contributed by atoms with Gasteiger partial charge in [-0.2, -0.15) is 0 Å². The third kappa shape index (κ3) is 3.35. The van der Waals surface area contributed by atoms with Crippen LogP contribution in [0.5, 0.6) is 0 Å². The van der Waals surface area contributed by atoms with Crippen LogP contribution in [0.25, 0.3) is 0 Å². The van der Waals surface area contributed by atoms with Crippen LogP contribution in [0.4, 0.5) is 5.69 Å². The summed E-state index contributed by atoms with van der Waals surface area (Å²) in [6.45, 7) is 5.58. The lowest BCUT2D eigenvalue weighted by Gasteiger charge is -2.37.